The van der Waals surface area contributed by atoms with Gasteiger partial charge in [0.25, 0.3) is 0 Å². The largest absolute Gasteiger partial charge is 0.243 e. The normalized spacial score (nSPS) is 13.7. The first kappa shape index (κ1) is 27.6. The molecule has 3 heterocycles. The maximum Gasteiger partial charge on any atom is 0.243 e. The molecule has 0 unspecified atom stereocenters. The highest BCUT2D eigenvalue weighted by Gasteiger charge is 2.54. The zero-order chi connectivity index (χ0) is 32.8. The summed E-state index contributed by atoms with van der Waals surface area (Å²) in [5.74, 6) is 2.00. The number of hydrogen-bond acceptors (Lipinski definition) is 3. The maximum absolute atomic E-state index is 5.22. The van der Waals surface area contributed by atoms with Crippen molar-refractivity contribution in [2.45, 2.75) is 5.41 Å². The van der Waals surface area contributed by atoms with Gasteiger partial charge >= 0.3 is 0 Å². The zero-order valence-corrected chi connectivity index (χ0v) is 27.1. The van der Waals surface area contributed by atoms with Crippen molar-refractivity contribution in [1.29, 1.82) is 0 Å². The van der Waals surface area contributed by atoms with Gasteiger partial charge in [-0.2, -0.15) is 0 Å². The molecular weight excluding hydrogens is 605 g/mol. The standard InChI is InChI=1S/C46H28BN3/c1-3-15-29(16-4-1)43-48-44(30-17-5-2-6-18-30)50-45(49-43)31-27-35-34-21-9-13-25-40(34)47-41-26-14-12-24-38(41)46(39(28-31)42(35)47)36-22-10-7-19-32(36)33-20-8-11-23-37(33)46/h1-28H. The van der Waals surface area contributed by atoms with Gasteiger partial charge < -0.3 is 0 Å². The van der Waals surface area contributed by atoms with E-state index in [1.54, 1.807) is 0 Å². The van der Waals surface area contributed by atoms with Crippen molar-refractivity contribution in [3.05, 3.63) is 192 Å². The molecule has 230 valence electrons. The van der Waals surface area contributed by atoms with Gasteiger partial charge in [0.15, 0.2) is 17.5 Å². The van der Waals surface area contributed by atoms with Crippen LogP contribution in [0.25, 0.3) is 56.4 Å². The minimum Gasteiger partial charge on any atom is -0.208 e. The van der Waals surface area contributed by atoms with E-state index in [1.807, 2.05) is 36.4 Å². The average Bonchev–Trinajstić information content (AvgIpc) is 3.69. The number of rotatable bonds is 3. The van der Waals surface area contributed by atoms with Crippen LogP contribution in [0.15, 0.2) is 170 Å². The molecule has 0 amide bonds. The smallest absolute Gasteiger partial charge is 0.208 e. The number of hydrogen-bond donors (Lipinski definition) is 0. The second-order valence-corrected chi connectivity index (χ2v) is 13.5. The topological polar surface area (TPSA) is 38.7 Å². The monoisotopic (exact) mass is 633 g/mol. The van der Waals surface area contributed by atoms with Crippen LogP contribution in [0.3, 0.4) is 0 Å². The van der Waals surface area contributed by atoms with Crippen molar-refractivity contribution in [3.8, 4) is 56.4 Å². The fourth-order valence-electron chi connectivity index (χ4n) is 9.09. The summed E-state index contributed by atoms with van der Waals surface area (Å²) in [6.07, 6.45) is 0. The molecule has 0 fully saturated rings. The van der Waals surface area contributed by atoms with Crippen LogP contribution in [0.5, 0.6) is 0 Å². The van der Waals surface area contributed by atoms with Crippen molar-refractivity contribution in [2.75, 3.05) is 0 Å². The van der Waals surface area contributed by atoms with E-state index in [4.69, 9.17) is 15.0 Å². The Morgan fingerprint density at radius 3 is 1.40 bits per heavy atom. The first-order valence-electron chi connectivity index (χ1n) is 17.2. The van der Waals surface area contributed by atoms with Crippen LogP contribution < -0.4 is 16.4 Å². The highest BCUT2D eigenvalue weighted by molar-refractivity contribution is 7.00. The van der Waals surface area contributed by atoms with Crippen LogP contribution in [0.1, 0.15) is 22.3 Å². The summed E-state index contributed by atoms with van der Waals surface area (Å²) in [4.78, 5) is 15.4. The van der Waals surface area contributed by atoms with E-state index in [0.717, 1.165) is 16.7 Å². The molecule has 4 heteroatoms. The third kappa shape index (κ3) is 3.62. The maximum atomic E-state index is 5.22. The molecule has 0 atom stereocenters. The van der Waals surface area contributed by atoms with Crippen molar-refractivity contribution < 1.29 is 0 Å². The van der Waals surface area contributed by atoms with Gasteiger partial charge in [-0.1, -0.05) is 174 Å². The molecule has 0 bridgehead atoms. The van der Waals surface area contributed by atoms with E-state index in [-0.39, 0.29) is 6.71 Å². The van der Waals surface area contributed by atoms with Crippen molar-refractivity contribution in [2.24, 2.45) is 0 Å². The zero-order valence-electron chi connectivity index (χ0n) is 27.1. The molecule has 0 radical (unpaired) electrons. The quantitative estimate of drug-likeness (QED) is 0.185. The summed E-state index contributed by atoms with van der Waals surface area (Å²) in [7, 11) is 0. The van der Waals surface area contributed by atoms with Gasteiger partial charge in [-0.05, 0) is 56.6 Å². The SMILES string of the molecule is c1ccc(-c2nc(-c3ccccc3)nc(-c3cc4c5c(c3)C3(c6ccccc6B5c5ccccc5-4)c4ccccc4-c4ccccc43)n2)cc1. The molecule has 3 nitrogen and oxygen atoms in total. The molecule has 50 heavy (non-hydrogen) atoms. The first-order valence-corrected chi connectivity index (χ1v) is 17.2. The number of aromatic nitrogens is 3. The van der Waals surface area contributed by atoms with Gasteiger partial charge in [0.05, 0.1) is 5.41 Å². The molecule has 0 N–H and O–H groups in total. The molecule has 1 spiro atoms. The summed E-state index contributed by atoms with van der Waals surface area (Å²) in [6, 6.07) is 61.3. The Morgan fingerprint density at radius 1 is 0.340 bits per heavy atom. The first-order chi connectivity index (χ1) is 24.8. The van der Waals surface area contributed by atoms with Crippen molar-refractivity contribution in [3.63, 3.8) is 0 Å². The predicted octanol–water partition coefficient (Wildman–Crippen LogP) is 8.05. The molecule has 3 aliphatic rings. The molecule has 2 aliphatic heterocycles. The van der Waals surface area contributed by atoms with Crippen LogP contribution in [-0.2, 0) is 5.41 Å². The van der Waals surface area contributed by atoms with Crippen LogP contribution >= 0.6 is 0 Å². The molecule has 11 rings (SSSR count). The number of benzene rings is 7. The fourth-order valence-corrected chi connectivity index (χ4v) is 9.09. The van der Waals surface area contributed by atoms with E-state index >= 15 is 0 Å². The van der Waals surface area contributed by atoms with Crippen LogP contribution in [-0.4, -0.2) is 21.7 Å². The van der Waals surface area contributed by atoms with E-state index in [9.17, 15) is 0 Å². The summed E-state index contributed by atoms with van der Waals surface area (Å²) in [5.41, 5.74) is 17.0. The van der Waals surface area contributed by atoms with Crippen LogP contribution in [0.4, 0.5) is 0 Å². The van der Waals surface area contributed by atoms with Gasteiger partial charge in [-0.25, -0.2) is 15.0 Å². The third-order valence-corrected chi connectivity index (χ3v) is 11.0. The number of fused-ring (bicyclic) bond motifs is 12. The Bertz CT molecular complexity index is 2560. The summed E-state index contributed by atoms with van der Waals surface area (Å²) in [5, 5.41) is 0. The third-order valence-electron chi connectivity index (χ3n) is 11.0. The predicted molar refractivity (Wildman–Crippen MR) is 204 cm³/mol. The van der Waals surface area contributed by atoms with Gasteiger partial charge in [0.2, 0.25) is 6.71 Å². The summed E-state index contributed by atoms with van der Waals surface area (Å²) >= 11 is 0. The Balaban J connectivity index is 1.28. The Labute approximate surface area is 291 Å². The Kier molecular flexibility index (Phi) is 5.68. The Morgan fingerprint density at radius 2 is 0.800 bits per heavy atom. The van der Waals surface area contributed by atoms with Gasteiger partial charge in [0, 0.05) is 16.7 Å². The minimum absolute atomic E-state index is 0.144. The van der Waals surface area contributed by atoms with Crippen molar-refractivity contribution in [1.82, 2.24) is 15.0 Å². The lowest BCUT2D eigenvalue weighted by molar-refractivity contribution is 0.775. The number of nitrogens with zero attached hydrogens (tertiary/aromatic N) is 3. The summed E-state index contributed by atoms with van der Waals surface area (Å²) < 4.78 is 0. The van der Waals surface area contributed by atoms with E-state index in [0.29, 0.717) is 17.5 Å². The van der Waals surface area contributed by atoms with Crippen molar-refractivity contribution >= 4 is 23.1 Å². The Hall–Kier alpha value is -6.39. The fraction of sp³-hybridized carbons (Fsp3) is 0.0217. The summed E-state index contributed by atoms with van der Waals surface area (Å²) in [6.45, 7) is 0.144. The molecule has 0 saturated carbocycles. The molecule has 0 saturated heterocycles. The van der Waals surface area contributed by atoms with E-state index in [1.165, 1.54) is 60.9 Å². The van der Waals surface area contributed by atoms with Gasteiger partial charge in [-0.3, -0.25) is 0 Å². The van der Waals surface area contributed by atoms with Crippen LogP contribution in [0.2, 0.25) is 0 Å². The molecule has 1 aromatic heterocycles. The molecular formula is C46H28BN3. The van der Waals surface area contributed by atoms with E-state index in [2.05, 4.69) is 133 Å². The van der Waals surface area contributed by atoms with E-state index < -0.39 is 5.41 Å². The lowest BCUT2D eigenvalue weighted by Gasteiger charge is -2.42. The highest BCUT2D eigenvalue weighted by Crippen LogP contribution is 2.57. The lowest BCUT2D eigenvalue weighted by Crippen LogP contribution is -2.59. The van der Waals surface area contributed by atoms with Gasteiger partial charge in [0.1, 0.15) is 0 Å². The van der Waals surface area contributed by atoms with Gasteiger partial charge in [-0.15, -0.1) is 0 Å². The highest BCUT2D eigenvalue weighted by atomic mass is 15.0. The minimum atomic E-state index is -0.500. The van der Waals surface area contributed by atoms with Crippen LogP contribution in [0, 0.1) is 0 Å². The lowest BCUT2D eigenvalue weighted by atomic mass is 9.32. The molecule has 7 aromatic carbocycles. The second kappa shape index (κ2) is 10.3. The molecule has 8 aromatic rings. The second-order valence-electron chi connectivity index (χ2n) is 13.5. The average molecular weight is 634 g/mol. The molecule has 1 aliphatic carbocycles.